The van der Waals surface area contributed by atoms with Gasteiger partial charge in [-0.15, -0.1) is 0 Å². The average Bonchev–Trinajstić information content (AvgIpc) is 2.34. The third kappa shape index (κ3) is 5.39. The SMILES string of the molecule is NCCOC(OCCN)[Si]c1ccccc1. The lowest BCUT2D eigenvalue weighted by Gasteiger charge is -2.17. The van der Waals surface area contributed by atoms with Crippen molar-refractivity contribution in [1.29, 1.82) is 0 Å². The maximum Gasteiger partial charge on any atom is 0.157 e. The summed E-state index contributed by atoms with van der Waals surface area (Å²) in [5.41, 5.74) is 10.8. The van der Waals surface area contributed by atoms with Gasteiger partial charge in [-0.3, -0.25) is 0 Å². The maximum atomic E-state index is 5.51. The Morgan fingerprint density at radius 1 is 1.00 bits per heavy atom. The Hall–Kier alpha value is -0.723. The quantitative estimate of drug-likeness (QED) is 0.462. The van der Waals surface area contributed by atoms with Gasteiger partial charge in [0.2, 0.25) is 0 Å². The van der Waals surface area contributed by atoms with Gasteiger partial charge in [0.05, 0.1) is 13.2 Å². The minimum absolute atomic E-state index is 0.227. The molecule has 0 aliphatic carbocycles. The molecular weight excluding hydrogens is 220 g/mol. The van der Waals surface area contributed by atoms with Crippen molar-refractivity contribution in [2.24, 2.45) is 11.5 Å². The molecule has 0 aliphatic rings. The van der Waals surface area contributed by atoms with E-state index >= 15 is 0 Å². The van der Waals surface area contributed by atoms with Gasteiger partial charge in [0.25, 0.3) is 0 Å². The number of hydrogen-bond donors (Lipinski definition) is 2. The number of nitrogens with two attached hydrogens (primary N) is 2. The minimum Gasteiger partial charge on any atom is -0.355 e. The minimum atomic E-state index is -0.227. The molecule has 1 aromatic carbocycles. The van der Waals surface area contributed by atoms with Crippen LogP contribution in [0.5, 0.6) is 0 Å². The molecule has 0 atom stereocenters. The molecule has 0 amide bonds. The van der Waals surface area contributed by atoms with E-state index in [2.05, 4.69) is 12.1 Å². The van der Waals surface area contributed by atoms with Gasteiger partial charge >= 0.3 is 0 Å². The third-order valence-corrected chi connectivity index (χ3v) is 3.07. The van der Waals surface area contributed by atoms with Crippen molar-refractivity contribution < 1.29 is 9.47 Å². The molecule has 5 heteroatoms. The Morgan fingerprint density at radius 3 is 2.06 bits per heavy atom. The molecule has 1 aromatic rings. The van der Waals surface area contributed by atoms with Crippen molar-refractivity contribution in [3.8, 4) is 0 Å². The Labute approximate surface area is 98.7 Å². The highest BCUT2D eigenvalue weighted by molar-refractivity contribution is 6.54. The maximum absolute atomic E-state index is 5.51. The van der Waals surface area contributed by atoms with Gasteiger partial charge in [-0.2, -0.15) is 0 Å². The Balaban J connectivity index is 2.42. The molecule has 0 unspecified atom stereocenters. The van der Waals surface area contributed by atoms with Gasteiger partial charge in [-0.25, -0.2) is 0 Å². The zero-order valence-corrected chi connectivity index (χ0v) is 10.3. The smallest absolute Gasteiger partial charge is 0.157 e. The van der Waals surface area contributed by atoms with Crippen molar-refractivity contribution in [3.05, 3.63) is 30.3 Å². The summed E-state index contributed by atoms with van der Waals surface area (Å²) in [6, 6.07) is 10.1. The van der Waals surface area contributed by atoms with E-state index in [0.717, 1.165) is 0 Å². The van der Waals surface area contributed by atoms with Gasteiger partial charge in [0.15, 0.2) is 9.52 Å². The number of benzene rings is 1. The second-order valence-electron chi connectivity index (χ2n) is 3.16. The molecule has 2 radical (unpaired) electrons. The second-order valence-corrected chi connectivity index (χ2v) is 4.50. The molecule has 0 aromatic heterocycles. The zero-order chi connectivity index (χ0) is 11.6. The van der Waals surface area contributed by atoms with Crippen molar-refractivity contribution in [2.75, 3.05) is 26.3 Å². The van der Waals surface area contributed by atoms with E-state index in [-0.39, 0.29) is 5.91 Å². The highest BCUT2D eigenvalue weighted by Gasteiger charge is 2.11. The molecule has 0 bridgehead atoms. The number of rotatable bonds is 8. The molecule has 0 aliphatic heterocycles. The van der Waals surface area contributed by atoms with Gasteiger partial charge in [0.1, 0.15) is 5.91 Å². The van der Waals surface area contributed by atoms with Crippen molar-refractivity contribution in [2.45, 2.75) is 5.91 Å². The monoisotopic (exact) mass is 238 g/mol. The summed E-state index contributed by atoms with van der Waals surface area (Å²) in [6.45, 7) is 2.02. The molecule has 0 fully saturated rings. The average molecular weight is 238 g/mol. The number of ether oxygens (including phenoxy) is 2. The summed E-state index contributed by atoms with van der Waals surface area (Å²) in [5, 5.41) is 1.21. The topological polar surface area (TPSA) is 70.5 Å². The first-order valence-electron chi connectivity index (χ1n) is 5.31. The first-order valence-corrected chi connectivity index (χ1v) is 6.39. The lowest BCUT2D eigenvalue weighted by Crippen LogP contribution is -2.35. The zero-order valence-electron chi connectivity index (χ0n) is 9.26. The lowest BCUT2D eigenvalue weighted by atomic mass is 10.4. The molecule has 4 nitrogen and oxygen atoms in total. The van der Waals surface area contributed by atoms with Gasteiger partial charge in [-0.05, 0) is 0 Å². The van der Waals surface area contributed by atoms with E-state index in [9.17, 15) is 0 Å². The Kier molecular flexibility index (Phi) is 7.03. The van der Waals surface area contributed by atoms with E-state index in [0.29, 0.717) is 35.8 Å². The van der Waals surface area contributed by atoms with E-state index in [1.165, 1.54) is 5.19 Å². The van der Waals surface area contributed by atoms with Crippen LogP contribution >= 0.6 is 0 Å². The summed E-state index contributed by atoms with van der Waals surface area (Å²) in [7, 11) is 0.460. The van der Waals surface area contributed by atoms with Gasteiger partial charge in [-0.1, -0.05) is 35.5 Å². The summed E-state index contributed by atoms with van der Waals surface area (Å²) >= 11 is 0. The van der Waals surface area contributed by atoms with Crippen LogP contribution < -0.4 is 16.7 Å². The predicted octanol–water partition coefficient (Wildman–Crippen LogP) is -0.750. The van der Waals surface area contributed by atoms with E-state index in [1.807, 2.05) is 18.2 Å². The summed E-state index contributed by atoms with van der Waals surface area (Å²) in [6.07, 6.45) is 0. The van der Waals surface area contributed by atoms with Crippen LogP contribution in [0.2, 0.25) is 0 Å². The van der Waals surface area contributed by atoms with Crippen LogP contribution in [0.4, 0.5) is 0 Å². The largest absolute Gasteiger partial charge is 0.355 e. The molecule has 0 spiro atoms. The molecule has 0 heterocycles. The van der Waals surface area contributed by atoms with Crippen molar-refractivity contribution in [1.82, 2.24) is 0 Å². The lowest BCUT2D eigenvalue weighted by molar-refractivity contribution is -0.0849. The van der Waals surface area contributed by atoms with Crippen LogP contribution in [-0.4, -0.2) is 41.7 Å². The van der Waals surface area contributed by atoms with Crippen LogP contribution in [0.25, 0.3) is 0 Å². The number of hydrogen-bond acceptors (Lipinski definition) is 4. The first-order chi connectivity index (χ1) is 7.86. The fourth-order valence-corrected chi connectivity index (χ4v) is 2.21. The fourth-order valence-electron chi connectivity index (χ4n) is 1.15. The van der Waals surface area contributed by atoms with E-state index in [4.69, 9.17) is 20.9 Å². The van der Waals surface area contributed by atoms with Crippen LogP contribution in [-0.2, 0) is 9.47 Å². The second kappa shape index (κ2) is 8.43. The fraction of sp³-hybridized carbons (Fsp3) is 0.455. The molecule has 1 rings (SSSR count). The highest BCUT2D eigenvalue weighted by Crippen LogP contribution is 1.94. The van der Waals surface area contributed by atoms with Crippen LogP contribution in [0, 0.1) is 0 Å². The van der Waals surface area contributed by atoms with Crippen molar-refractivity contribution >= 4 is 14.7 Å². The van der Waals surface area contributed by atoms with Gasteiger partial charge in [0, 0.05) is 13.1 Å². The summed E-state index contributed by atoms with van der Waals surface area (Å²) in [5.74, 6) is -0.227. The predicted molar refractivity (Wildman–Crippen MR) is 65.6 cm³/mol. The van der Waals surface area contributed by atoms with E-state index < -0.39 is 0 Å². The first kappa shape index (κ1) is 13.3. The molecule has 0 saturated carbocycles. The molecule has 4 N–H and O–H groups in total. The Morgan fingerprint density at radius 2 is 1.56 bits per heavy atom. The van der Waals surface area contributed by atoms with Crippen LogP contribution in [0.3, 0.4) is 0 Å². The van der Waals surface area contributed by atoms with Crippen LogP contribution in [0.15, 0.2) is 30.3 Å². The normalized spacial score (nSPS) is 10.9. The molecule has 16 heavy (non-hydrogen) atoms. The van der Waals surface area contributed by atoms with Crippen molar-refractivity contribution in [3.63, 3.8) is 0 Å². The molecule has 0 saturated heterocycles. The highest BCUT2D eigenvalue weighted by atomic mass is 28.2. The van der Waals surface area contributed by atoms with Crippen LogP contribution in [0.1, 0.15) is 0 Å². The Bertz CT molecular complexity index is 264. The van der Waals surface area contributed by atoms with Gasteiger partial charge < -0.3 is 20.9 Å². The molecule has 88 valence electrons. The van der Waals surface area contributed by atoms with E-state index in [1.54, 1.807) is 0 Å². The summed E-state index contributed by atoms with van der Waals surface area (Å²) < 4.78 is 11.0. The standard InChI is InChI=1S/C11H18N2O2Si/c12-6-8-14-11(15-9-7-13)16-10-4-2-1-3-5-10/h1-5,11H,6-9,12-13H2. The molecular formula is C11H18N2O2Si. The summed E-state index contributed by atoms with van der Waals surface area (Å²) in [4.78, 5) is 0. The third-order valence-electron chi connectivity index (χ3n) is 1.83.